The summed E-state index contributed by atoms with van der Waals surface area (Å²) >= 11 is 0. The molecule has 2 heterocycles. The molecule has 2 aromatic rings. The van der Waals surface area contributed by atoms with Crippen molar-refractivity contribution >= 4 is 17.7 Å². The van der Waals surface area contributed by atoms with Crippen molar-refractivity contribution in [1.82, 2.24) is 25.3 Å². The molecule has 0 aliphatic rings. The lowest BCUT2D eigenvalue weighted by Gasteiger charge is -2.12. The first kappa shape index (κ1) is 15.8. The molecule has 0 spiro atoms. The van der Waals surface area contributed by atoms with Gasteiger partial charge < -0.3 is 10.6 Å². The Labute approximate surface area is 132 Å². The topological polar surface area (TPSA) is 92.7 Å². The summed E-state index contributed by atoms with van der Waals surface area (Å²) in [5.74, 6) is 1.63. The minimum absolute atomic E-state index is 0. The fourth-order valence-electron chi connectivity index (χ4n) is 2.10. The van der Waals surface area contributed by atoms with Crippen LogP contribution in [0.1, 0.15) is 50.2 Å². The van der Waals surface area contributed by atoms with Gasteiger partial charge in [0.15, 0.2) is 0 Å². The van der Waals surface area contributed by atoms with Crippen molar-refractivity contribution in [1.29, 1.82) is 0 Å². The number of nitrogens with one attached hydrogen (secondary N) is 2. The maximum absolute atomic E-state index is 11.9. The SMILES string of the molecule is CNC(=O)c1cnc(Nc2cc(C)nc(C)n2)nc1C(C)C.[HH].[HH]. The Balaban J connectivity index is 0.00000264. The van der Waals surface area contributed by atoms with Gasteiger partial charge in [0.05, 0.1) is 11.3 Å². The Bertz CT molecular complexity index is 688. The summed E-state index contributed by atoms with van der Waals surface area (Å²) < 4.78 is 0. The number of amides is 1. The van der Waals surface area contributed by atoms with Crippen molar-refractivity contribution in [3.63, 3.8) is 0 Å². The lowest BCUT2D eigenvalue weighted by atomic mass is 10.0. The van der Waals surface area contributed by atoms with Gasteiger partial charge >= 0.3 is 0 Å². The number of nitrogens with zero attached hydrogens (tertiary/aromatic N) is 4. The summed E-state index contributed by atoms with van der Waals surface area (Å²) in [5.41, 5.74) is 2.04. The highest BCUT2D eigenvalue weighted by Gasteiger charge is 2.16. The molecule has 0 radical (unpaired) electrons. The fraction of sp³-hybridized carbons (Fsp3) is 0.400. The zero-order valence-electron chi connectivity index (χ0n) is 13.4. The predicted molar refractivity (Wildman–Crippen MR) is 88.5 cm³/mol. The summed E-state index contributed by atoms with van der Waals surface area (Å²) in [5, 5.41) is 5.66. The van der Waals surface area contributed by atoms with Crippen LogP contribution in [0.3, 0.4) is 0 Å². The van der Waals surface area contributed by atoms with Crippen molar-refractivity contribution in [2.75, 3.05) is 12.4 Å². The summed E-state index contributed by atoms with van der Waals surface area (Å²) in [6, 6.07) is 1.82. The molecule has 120 valence electrons. The normalized spacial score (nSPS) is 10.6. The molecule has 2 rings (SSSR count). The van der Waals surface area contributed by atoms with Gasteiger partial charge in [0.2, 0.25) is 5.95 Å². The number of hydrogen-bond donors (Lipinski definition) is 2. The molecule has 22 heavy (non-hydrogen) atoms. The van der Waals surface area contributed by atoms with Crippen LogP contribution in [-0.4, -0.2) is 32.9 Å². The smallest absolute Gasteiger partial charge is 0.254 e. The second-order valence-corrected chi connectivity index (χ2v) is 5.29. The van der Waals surface area contributed by atoms with E-state index in [4.69, 9.17) is 0 Å². The average molecular weight is 304 g/mol. The van der Waals surface area contributed by atoms with Crippen LogP contribution in [0.25, 0.3) is 0 Å². The molecule has 0 saturated carbocycles. The molecule has 0 unspecified atom stereocenters. The maximum Gasteiger partial charge on any atom is 0.254 e. The quantitative estimate of drug-likeness (QED) is 0.902. The maximum atomic E-state index is 11.9. The first-order chi connectivity index (χ1) is 10.4. The lowest BCUT2D eigenvalue weighted by Crippen LogP contribution is -2.21. The van der Waals surface area contributed by atoms with Crippen LogP contribution in [0, 0.1) is 13.8 Å². The third-order valence-electron chi connectivity index (χ3n) is 3.04. The fourth-order valence-corrected chi connectivity index (χ4v) is 2.10. The number of aryl methyl sites for hydroxylation is 2. The van der Waals surface area contributed by atoms with Crippen LogP contribution in [0.2, 0.25) is 0 Å². The van der Waals surface area contributed by atoms with Gasteiger partial charge in [0.25, 0.3) is 5.91 Å². The van der Waals surface area contributed by atoms with Gasteiger partial charge in [-0.05, 0) is 19.8 Å². The zero-order chi connectivity index (χ0) is 16.3. The average Bonchev–Trinajstić information content (AvgIpc) is 2.45. The molecule has 0 aliphatic heterocycles. The van der Waals surface area contributed by atoms with E-state index in [0.717, 1.165) is 5.69 Å². The van der Waals surface area contributed by atoms with Crippen LogP contribution in [0.4, 0.5) is 11.8 Å². The number of rotatable bonds is 4. The van der Waals surface area contributed by atoms with Crippen molar-refractivity contribution in [2.45, 2.75) is 33.6 Å². The summed E-state index contributed by atoms with van der Waals surface area (Å²) in [6.07, 6.45) is 1.53. The molecule has 1 amide bonds. The van der Waals surface area contributed by atoms with E-state index >= 15 is 0 Å². The van der Waals surface area contributed by atoms with Crippen molar-refractivity contribution in [3.8, 4) is 0 Å². The Morgan fingerprint density at radius 2 is 1.95 bits per heavy atom. The second-order valence-electron chi connectivity index (χ2n) is 5.29. The van der Waals surface area contributed by atoms with Crippen LogP contribution in [0.15, 0.2) is 12.3 Å². The molecular formula is C15H24N6O. The van der Waals surface area contributed by atoms with Gasteiger partial charge in [-0.1, -0.05) is 13.8 Å². The molecule has 0 fully saturated rings. The van der Waals surface area contributed by atoms with Gasteiger partial charge in [-0.25, -0.2) is 19.9 Å². The number of carbonyl (C=O) groups is 1. The van der Waals surface area contributed by atoms with Gasteiger partial charge in [0, 0.05) is 27.9 Å². The van der Waals surface area contributed by atoms with Gasteiger partial charge in [-0.15, -0.1) is 0 Å². The van der Waals surface area contributed by atoms with E-state index < -0.39 is 0 Å². The third kappa shape index (κ3) is 3.55. The summed E-state index contributed by atoms with van der Waals surface area (Å²) in [7, 11) is 1.59. The molecule has 0 aromatic carbocycles. The van der Waals surface area contributed by atoms with E-state index in [0.29, 0.717) is 28.8 Å². The Morgan fingerprint density at radius 1 is 1.23 bits per heavy atom. The molecular weight excluding hydrogens is 280 g/mol. The first-order valence-electron chi connectivity index (χ1n) is 7.09. The molecule has 0 bridgehead atoms. The summed E-state index contributed by atoms with van der Waals surface area (Å²) in [6.45, 7) is 7.69. The van der Waals surface area contributed by atoms with Crippen molar-refractivity contribution in [2.24, 2.45) is 0 Å². The first-order valence-corrected chi connectivity index (χ1v) is 7.09. The van der Waals surface area contributed by atoms with Gasteiger partial charge in [0.1, 0.15) is 11.6 Å². The number of hydrogen-bond acceptors (Lipinski definition) is 6. The molecule has 0 aliphatic carbocycles. The molecule has 0 saturated heterocycles. The van der Waals surface area contributed by atoms with E-state index in [2.05, 4.69) is 30.6 Å². The van der Waals surface area contributed by atoms with Crippen LogP contribution < -0.4 is 10.6 Å². The highest BCUT2D eigenvalue weighted by molar-refractivity contribution is 5.95. The third-order valence-corrected chi connectivity index (χ3v) is 3.04. The number of anilines is 2. The second kappa shape index (κ2) is 6.46. The van der Waals surface area contributed by atoms with E-state index in [1.54, 1.807) is 7.05 Å². The Morgan fingerprint density at radius 3 is 2.55 bits per heavy atom. The molecule has 2 aromatic heterocycles. The van der Waals surface area contributed by atoms with Crippen LogP contribution >= 0.6 is 0 Å². The molecule has 2 N–H and O–H groups in total. The molecule has 7 nitrogen and oxygen atoms in total. The highest BCUT2D eigenvalue weighted by atomic mass is 16.1. The lowest BCUT2D eigenvalue weighted by molar-refractivity contribution is 0.0961. The van der Waals surface area contributed by atoms with E-state index in [1.165, 1.54) is 6.20 Å². The van der Waals surface area contributed by atoms with Crippen LogP contribution in [-0.2, 0) is 0 Å². The minimum atomic E-state index is -0.191. The number of aromatic nitrogens is 4. The zero-order valence-corrected chi connectivity index (χ0v) is 13.4. The minimum Gasteiger partial charge on any atom is -0.355 e. The summed E-state index contributed by atoms with van der Waals surface area (Å²) in [4.78, 5) is 29.0. The largest absolute Gasteiger partial charge is 0.355 e. The van der Waals surface area contributed by atoms with E-state index in [9.17, 15) is 4.79 Å². The van der Waals surface area contributed by atoms with Crippen molar-refractivity contribution in [3.05, 3.63) is 35.0 Å². The molecule has 7 heteroatoms. The Kier molecular flexibility index (Phi) is 4.65. The predicted octanol–water partition coefficient (Wildman–Crippen LogP) is 2.60. The Hall–Kier alpha value is -2.57. The van der Waals surface area contributed by atoms with E-state index in [1.807, 2.05) is 33.8 Å². The van der Waals surface area contributed by atoms with Gasteiger partial charge in [-0.2, -0.15) is 0 Å². The van der Waals surface area contributed by atoms with Gasteiger partial charge in [-0.3, -0.25) is 4.79 Å². The highest BCUT2D eigenvalue weighted by Crippen LogP contribution is 2.19. The monoisotopic (exact) mass is 304 g/mol. The molecule has 0 atom stereocenters. The van der Waals surface area contributed by atoms with E-state index in [-0.39, 0.29) is 14.7 Å². The number of carbonyl (C=O) groups excluding carboxylic acids is 1. The van der Waals surface area contributed by atoms with Crippen LogP contribution in [0.5, 0.6) is 0 Å². The standard InChI is InChI=1S/C15H20N6O.2H2/c1-8(2)13-11(14(22)16-5)7-17-15(21-13)20-12-6-9(3)18-10(4)19-12;;/h6-8H,1-5H3,(H,16,22)(H,17,18,19,20,21);2*1H. The van der Waals surface area contributed by atoms with Crippen molar-refractivity contribution < 1.29 is 7.65 Å².